The van der Waals surface area contributed by atoms with E-state index in [0.717, 1.165) is 19.3 Å². The molecule has 2 unspecified atom stereocenters. The van der Waals surface area contributed by atoms with Crippen LogP contribution in [-0.2, 0) is 4.79 Å². The highest BCUT2D eigenvalue weighted by atomic mass is 16.6. The summed E-state index contributed by atoms with van der Waals surface area (Å²) in [5, 5.41) is 14.7. The standard InChI is InChI=1S/C20H28N4O4/c1-14-4-3-5-17(12-14)21-20(26)16-6-7-18(19(13-16)24(27)28)23-10-8-22(9-11-23)15(2)25/h6-7,13-14,17H,3-5,8-12H2,1-2H3,(H,21,26). The normalized spacial score (nSPS) is 22.6. The molecule has 8 nitrogen and oxygen atoms in total. The van der Waals surface area contributed by atoms with E-state index in [1.807, 2.05) is 4.90 Å². The summed E-state index contributed by atoms with van der Waals surface area (Å²) in [5.74, 6) is 0.345. The molecule has 0 spiro atoms. The van der Waals surface area contributed by atoms with Crippen LogP contribution in [-0.4, -0.2) is 53.9 Å². The van der Waals surface area contributed by atoms with Crippen molar-refractivity contribution in [2.45, 2.75) is 45.6 Å². The van der Waals surface area contributed by atoms with Crippen LogP contribution in [0.3, 0.4) is 0 Å². The number of nitro groups is 1. The number of hydrogen-bond acceptors (Lipinski definition) is 5. The lowest BCUT2D eigenvalue weighted by Gasteiger charge is -2.35. The minimum atomic E-state index is -0.438. The Hall–Kier alpha value is -2.64. The number of hydrogen-bond donors (Lipinski definition) is 1. The van der Waals surface area contributed by atoms with Crippen molar-refractivity contribution < 1.29 is 14.5 Å². The molecule has 2 fully saturated rings. The molecule has 2 atom stereocenters. The van der Waals surface area contributed by atoms with Gasteiger partial charge in [-0.05, 0) is 30.9 Å². The van der Waals surface area contributed by atoms with Crippen molar-refractivity contribution in [3.63, 3.8) is 0 Å². The maximum Gasteiger partial charge on any atom is 0.293 e. The Morgan fingerprint density at radius 1 is 1.18 bits per heavy atom. The highest BCUT2D eigenvalue weighted by Crippen LogP contribution is 2.30. The maximum atomic E-state index is 12.6. The molecular formula is C20H28N4O4. The molecule has 0 radical (unpaired) electrons. The average molecular weight is 388 g/mol. The van der Waals surface area contributed by atoms with Gasteiger partial charge in [0.15, 0.2) is 0 Å². The number of carbonyl (C=O) groups is 2. The monoisotopic (exact) mass is 388 g/mol. The number of nitrogens with one attached hydrogen (secondary N) is 1. The molecule has 2 aliphatic rings. The summed E-state index contributed by atoms with van der Waals surface area (Å²) in [4.78, 5) is 38.9. The van der Waals surface area contributed by atoms with Crippen LogP contribution in [0.15, 0.2) is 18.2 Å². The smallest absolute Gasteiger partial charge is 0.293 e. The van der Waals surface area contributed by atoms with E-state index in [1.165, 1.54) is 19.4 Å². The molecule has 3 rings (SSSR count). The summed E-state index contributed by atoms with van der Waals surface area (Å²) in [6, 6.07) is 4.81. The van der Waals surface area contributed by atoms with E-state index < -0.39 is 4.92 Å². The van der Waals surface area contributed by atoms with Crippen LogP contribution in [0.5, 0.6) is 0 Å². The molecule has 1 aromatic carbocycles. The van der Waals surface area contributed by atoms with Crippen molar-refractivity contribution in [1.29, 1.82) is 0 Å². The van der Waals surface area contributed by atoms with Gasteiger partial charge in [0.1, 0.15) is 5.69 Å². The second kappa shape index (κ2) is 8.58. The molecule has 0 aromatic heterocycles. The van der Waals surface area contributed by atoms with Crippen molar-refractivity contribution in [2.24, 2.45) is 5.92 Å². The van der Waals surface area contributed by atoms with Gasteiger partial charge in [-0.3, -0.25) is 19.7 Å². The second-order valence-electron chi connectivity index (χ2n) is 7.90. The number of nitrogens with zero attached hydrogens (tertiary/aromatic N) is 3. The largest absolute Gasteiger partial charge is 0.362 e. The molecule has 28 heavy (non-hydrogen) atoms. The molecule has 1 aliphatic carbocycles. The number of carbonyl (C=O) groups excluding carboxylic acids is 2. The van der Waals surface area contributed by atoms with Crippen LogP contribution in [0.4, 0.5) is 11.4 Å². The highest BCUT2D eigenvalue weighted by Gasteiger charge is 2.27. The zero-order chi connectivity index (χ0) is 20.3. The van der Waals surface area contributed by atoms with Gasteiger partial charge in [0.05, 0.1) is 4.92 Å². The van der Waals surface area contributed by atoms with Gasteiger partial charge >= 0.3 is 0 Å². The lowest BCUT2D eigenvalue weighted by atomic mass is 9.87. The number of rotatable bonds is 4. The number of nitro benzene ring substituents is 1. The first-order chi connectivity index (χ1) is 13.3. The van der Waals surface area contributed by atoms with Gasteiger partial charge in [-0.2, -0.15) is 0 Å². The van der Waals surface area contributed by atoms with Crippen molar-refractivity contribution in [3.05, 3.63) is 33.9 Å². The Morgan fingerprint density at radius 2 is 1.89 bits per heavy atom. The van der Waals surface area contributed by atoms with E-state index >= 15 is 0 Å². The Labute approximate surface area is 165 Å². The fourth-order valence-corrected chi connectivity index (χ4v) is 4.17. The van der Waals surface area contributed by atoms with Crippen LogP contribution in [0.1, 0.15) is 49.9 Å². The Balaban J connectivity index is 1.73. The van der Waals surface area contributed by atoms with E-state index in [9.17, 15) is 19.7 Å². The molecule has 1 N–H and O–H groups in total. The van der Waals surface area contributed by atoms with Gasteiger partial charge in [-0.25, -0.2) is 0 Å². The Morgan fingerprint density at radius 3 is 2.50 bits per heavy atom. The molecular weight excluding hydrogens is 360 g/mol. The van der Waals surface area contributed by atoms with Crippen LogP contribution in [0, 0.1) is 16.0 Å². The quantitative estimate of drug-likeness (QED) is 0.632. The zero-order valence-corrected chi connectivity index (χ0v) is 16.5. The van der Waals surface area contributed by atoms with Crippen molar-refractivity contribution in [2.75, 3.05) is 31.1 Å². The van der Waals surface area contributed by atoms with Gasteiger partial charge in [0.25, 0.3) is 11.6 Å². The topological polar surface area (TPSA) is 95.8 Å². The van der Waals surface area contributed by atoms with Crippen molar-refractivity contribution in [3.8, 4) is 0 Å². The SMILES string of the molecule is CC(=O)N1CCN(c2ccc(C(=O)NC3CCCC(C)C3)cc2[N+](=O)[O-])CC1. The van der Waals surface area contributed by atoms with Crippen LogP contribution < -0.4 is 10.2 Å². The van der Waals surface area contributed by atoms with Gasteiger partial charge in [0, 0.05) is 50.8 Å². The van der Waals surface area contributed by atoms with E-state index in [-0.39, 0.29) is 23.5 Å². The second-order valence-corrected chi connectivity index (χ2v) is 7.90. The highest BCUT2D eigenvalue weighted by molar-refractivity contribution is 5.96. The Bertz CT molecular complexity index is 759. The third-order valence-corrected chi connectivity index (χ3v) is 5.77. The van der Waals surface area contributed by atoms with Crippen LogP contribution >= 0.6 is 0 Å². The van der Waals surface area contributed by atoms with Gasteiger partial charge in [0.2, 0.25) is 5.91 Å². The lowest BCUT2D eigenvalue weighted by Crippen LogP contribution is -2.48. The van der Waals surface area contributed by atoms with Gasteiger partial charge < -0.3 is 15.1 Å². The van der Waals surface area contributed by atoms with Crippen molar-refractivity contribution in [1.82, 2.24) is 10.2 Å². The van der Waals surface area contributed by atoms with Gasteiger partial charge in [-0.15, -0.1) is 0 Å². The summed E-state index contributed by atoms with van der Waals surface area (Å²) < 4.78 is 0. The number of amides is 2. The van der Waals surface area contributed by atoms with E-state index in [4.69, 9.17) is 0 Å². The van der Waals surface area contributed by atoms with E-state index in [0.29, 0.717) is 43.3 Å². The molecule has 1 aliphatic heterocycles. The summed E-state index contributed by atoms with van der Waals surface area (Å²) >= 11 is 0. The average Bonchev–Trinajstić information content (AvgIpc) is 2.67. The molecule has 2 amide bonds. The lowest BCUT2D eigenvalue weighted by molar-refractivity contribution is -0.384. The fourth-order valence-electron chi connectivity index (χ4n) is 4.17. The first-order valence-corrected chi connectivity index (χ1v) is 9.95. The minimum absolute atomic E-state index is 0.0122. The van der Waals surface area contributed by atoms with Crippen LogP contribution in [0.25, 0.3) is 0 Å². The van der Waals surface area contributed by atoms with Crippen molar-refractivity contribution >= 4 is 23.2 Å². The minimum Gasteiger partial charge on any atom is -0.362 e. The molecule has 1 saturated heterocycles. The Kier molecular flexibility index (Phi) is 6.16. The van der Waals surface area contributed by atoms with Crippen LogP contribution in [0.2, 0.25) is 0 Å². The van der Waals surface area contributed by atoms with E-state index in [1.54, 1.807) is 17.0 Å². The number of benzene rings is 1. The summed E-state index contributed by atoms with van der Waals surface area (Å²) in [7, 11) is 0. The zero-order valence-electron chi connectivity index (χ0n) is 16.5. The van der Waals surface area contributed by atoms with E-state index in [2.05, 4.69) is 12.2 Å². The first-order valence-electron chi connectivity index (χ1n) is 9.95. The first kappa shape index (κ1) is 20.1. The summed E-state index contributed by atoms with van der Waals surface area (Å²) in [6.45, 7) is 5.85. The third kappa shape index (κ3) is 4.61. The number of anilines is 1. The molecule has 1 aromatic rings. The fraction of sp³-hybridized carbons (Fsp3) is 0.600. The van der Waals surface area contributed by atoms with Gasteiger partial charge in [-0.1, -0.05) is 19.8 Å². The maximum absolute atomic E-state index is 12.6. The third-order valence-electron chi connectivity index (χ3n) is 5.77. The molecule has 0 bridgehead atoms. The summed E-state index contributed by atoms with van der Waals surface area (Å²) in [5.41, 5.74) is 0.744. The molecule has 1 heterocycles. The molecule has 8 heteroatoms. The predicted molar refractivity (Wildman–Crippen MR) is 106 cm³/mol. The predicted octanol–water partition coefficient (Wildman–Crippen LogP) is 2.57. The summed E-state index contributed by atoms with van der Waals surface area (Å²) in [6.07, 6.45) is 4.18. The molecule has 1 saturated carbocycles. The molecule has 152 valence electrons. The number of piperazine rings is 1.